The van der Waals surface area contributed by atoms with E-state index >= 15 is 0 Å². The fourth-order valence-electron chi connectivity index (χ4n) is 2.25. The fraction of sp³-hybridized carbons (Fsp3) is 0.176. The van der Waals surface area contributed by atoms with E-state index in [0.717, 1.165) is 5.56 Å². The SMILES string of the molecule is CC(Oc1cccc(Cl)c1)C(=O)Nc1cccc(-c2nnnn2C)c1. The topological polar surface area (TPSA) is 81.9 Å². The molecule has 1 aromatic heterocycles. The molecule has 0 saturated heterocycles. The number of carbonyl (C=O) groups is 1. The van der Waals surface area contributed by atoms with Crippen molar-refractivity contribution < 1.29 is 9.53 Å². The number of hydrogen-bond donors (Lipinski definition) is 1. The minimum absolute atomic E-state index is 0.270. The lowest BCUT2D eigenvalue weighted by Crippen LogP contribution is -2.30. The smallest absolute Gasteiger partial charge is 0.265 e. The highest BCUT2D eigenvalue weighted by Gasteiger charge is 2.16. The van der Waals surface area contributed by atoms with E-state index in [1.807, 2.05) is 12.1 Å². The van der Waals surface area contributed by atoms with Crippen molar-refractivity contribution in [3.63, 3.8) is 0 Å². The standard InChI is InChI=1S/C17H16ClN5O2/c1-11(25-15-8-4-6-13(18)10-15)17(24)19-14-7-3-5-12(9-14)16-20-21-22-23(16)2/h3-11H,1-2H3,(H,19,24). The molecule has 8 heteroatoms. The van der Waals surface area contributed by atoms with Crippen LogP contribution in [0.5, 0.6) is 5.75 Å². The molecule has 0 bridgehead atoms. The molecule has 1 atom stereocenters. The van der Waals surface area contributed by atoms with Gasteiger partial charge in [-0.2, -0.15) is 0 Å². The summed E-state index contributed by atoms with van der Waals surface area (Å²) in [7, 11) is 1.75. The highest BCUT2D eigenvalue weighted by Crippen LogP contribution is 2.21. The maximum Gasteiger partial charge on any atom is 0.265 e. The van der Waals surface area contributed by atoms with E-state index in [-0.39, 0.29) is 5.91 Å². The van der Waals surface area contributed by atoms with Gasteiger partial charge in [0.15, 0.2) is 11.9 Å². The Hall–Kier alpha value is -2.93. The number of nitrogens with zero attached hydrogens (tertiary/aromatic N) is 4. The van der Waals surface area contributed by atoms with Crippen LogP contribution in [0.1, 0.15) is 6.92 Å². The Bertz CT molecular complexity index is 896. The second-order valence-corrected chi connectivity index (χ2v) is 5.85. The summed E-state index contributed by atoms with van der Waals surface area (Å²) in [5.41, 5.74) is 1.43. The lowest BCUT2D eigenvalue weighted by Gasteiger charge is -2.15. The number of benzene rings is 2. The van der Waals surface area contributed by atoms with Gasteiger partial charge in [-0.05, 0) is 47.7 Å². The van der Waals surface area contributed by atoms with Crippen LogP contribution in [0.25, 0.3) is 11.4 Å². The molecule has 3 rings (SSSR count). The number of tetrazole rings is 1. The van der Waals surface area contributed by atoms with Gasteiger partial charge in [-0.3, -0.25) is 4.79 Å². The van der Waals surface area contributed by atoms with Gasteiger partial charge in [0.25, 0.3) is 5.91 Å². The molecule has 0 fully saturated rings. The molecule has 1 N–H and O–H groups in total. The van der Waals surface area contributed by atoms with Gasteiger partial charge in [-0.1, -0.05) is 29.8 Å². The van der Waals surface area contributed by atoms with Crippen LogP contribution in [0.2, 0.25) is 5.02 Å². The van der Waals surface area contributed by atoms with E-state index in [0.29, 0.717) is 22.3 Å². The Morgan fingerprint density at radius 1 is 1.24 bits per heavy atom. The number of aromatic nitrogens is 4. The van der Waals surface area contributed by atoms with Crippen LogP contribution in [0, 0.1) is 0 Å². The third-order valence-electron chi connectivity index (χ3n) is 3.49. The van der Waals surface area contributed by atoms with Gasteiger partial charge in [0, 0.05) is 23.3 Å². The number of hydrogen-bond acceptors (Lipinski definition) is 5. The molecule has 2 aromatic carbocycles. The average molecular weight is 358 g/mol. The van der Waals surface area contributed by atoms with Crippen molar-refractivity contribution in [2.24, 2.45) is 7.05 Å². The predicted octanol–water partition coefficient (Wildman–Crippen LogP) is 2.94. The van der Waals surface area contributed by atoms with Crippen molar-refractivity contribution in [1.82, 2.24) is 20.2 Å². The molecule has 128 valence electrons. The first-order valence-corrected chi connectivity index (χ1v) is 7.96. The van der Waals surface area contributed by atoms with Crippen LogP contribution >= 0.6 is 11.6 Å². The molecule has 3 aromatic rings. The fourth-order valence-corrected chi connectivity index (χ4v) is 2.43. The molecular formula is C17H16ClN5O2. The van der Waals surface area contributed by atoms with Gasteiger partial charge in [-0.25, -0.2) is 4.68 Å². The lowest BCUT2D eigenvalue weighted by atomic mass is 10.2. The quantitative estimate of drug-likeness (QED) is 0.759. The molecular weight excluding hydrogens is 342 g/mol. The van der Waals surface area contributed by atoms with Gasteiger partial charge in [0.05, 0.1) is 0 Å². The van der Waals surface area contributed by atoms with E-state index in [4.69, 9.17) is 16.3 Å². The van der Waals surface area contributed by atoms with E-state index in [1.54, 1.807) is 55.1 Å². The molecule has 0 radical (unpaired) electrons. The van der Waals surface area contributed by atoms with Gasteiger partial charge in [0.2, 0.25) is 0 Å². The van der Waals surface area contributed by atoms with Crippen LogP contribution in [0.15, 0.2) is 48.5 Å². The maximum absolute atomic E-state index is 12.4. The van der Waals surface area contributed by atoms with Gasteiger partial charge >= 0.3 is 0 Å². The number of amides is 1. The zero-order valence-corrected chi connectivity index (χ0v) is 14.4. The Balaban J connectivity index is 1.69. The normalized spacial score (nSPS) is 11.8. The third-order valence-corrected chi connectivity index (χ3v) is 3.72. The lowest BCUT2D eigenvalue weighted by molar-refractivity contribution is -0.122. The summed E-state index contributed by atoms with van der Waals surface area (Å²) in [4.78, 5) is 12.4. The maximum atomic E-state index is 12.4. The number of ether oxygens (including phenoxy) is 1. The zero-order chi connectivity index (χ0) is 17.8. The third kappa shape index (κ3) is 4.13. The first kappa shape index (κ1) is 16.9. The Morgan fingerprint density at radius 2 is 2.04 bits per heavy atom. The summed E-state index contributed by atoms with van der Waals surface area (Å²) < 4.78 is 7.18. The molecule has 1 heterocycles. The van der Waals surface area contributed by atoms with Crippen LogP contribution in [-0.4, -0.2) is 32.2 Å². The highest BCUT2D eigenvalue weighted by atomic mass is 35.5. The first-order chi connectivity index (χ1) is 12.0. The highest BCUT2D eigenvalue weighted by molar-refractivity contribution is 6.30. The largest absolute Gasteiger partial charge is 0.481 e. The van der Waals surface area contributed by atoms with E-state index < -0.39 is 6.10 Å². The number of nitrogens with one attached hydrogen (secondary N) is 1. The molecule has 1 amide bonds. The molecule has 0 spiro atoms. The summed E-state index contributed by atoms with van der Waals surface area (Å²) in [6, 6.07) is 14.2. The summed E-state index contributed by atoms with van der Waals surface area (Å²) in [5, 5.41) is 14.8. The van der Waals surface area contributed by atoms with Crippen molar-refractivity contribution >= 4 is 23.2 Å². The molecule has 0 aliphatic carbocycles. The first-order valence-electron chi connectivity index (χ1n) is 7.59. The Labute approximate surface area is 149 Å². The van der Waals surface area contributed by atoms with Crippen molar-refractivity contribution in [3.8, 4) is 17.1 Å². The van der Waals surface area contributed by atoms with Gasteiger partial charge < -0.3 is 10.1 Å². The number of anilines is 1. The van der Waals surface area contributed by atoms with Gasteiger partial charge in [-0.15, -0.1) is 5.10 Å². The van der Waals surface area contributed by atoms with E-state index in [2.05, 4.69) is 20.8 Å². The molecule has 0 aliphatic rings. The number of aryl methyl sites for hydroxylation is 1. The molecule has 7 nitrogen and oxygen atoms in total. The van der Waals surface area contributed by atoms with Crippen molar-refractivity contribution in [1.29, 1.82) is 0 Å². The zero-order valence-electron chi connectivity index (χ0n) is 13.7. The van der Waals surface area contributed by atoms with E-state index in [1.165, 1.54) is 0 Å². The number of rotatable bonds is 5. The summed E-state index contributed by atoms with van der Waals surface area (Å²) in [6.07, 6.45) is -0.682. The number of carbonyl (C=O) groups excluding carboxylic acids is 1. The number of halogens is 1. The molecule has 0 saturated carbocycles. The second-order valence-electron chi connectivity index (χ2n) is 5.41. The van der Waals surface area contributed by atoms with E-state index in [9.17, 15) is 4.79 Å². The molecule has 25 heavy (non-hydrogen) atoms. The average Bonchev–Trinajstić information content (AvgIpc) is 3.01. The van der Waals surface area contributed by atoms with Crippen LogP contribution in [-0.2, 0) is 11.8 Å². The minimum Gasteiger partial charge on any atom is -0.481 e. The monoisotopic (exact) mass is 357 g/mol. The summed E-state index contributed by atoms with van der Waals surface area (Å²) >= 11 is 5.92. The van der Waals surface area contributed by atoms with Crippen molar-refractivity contribution in [2.75, 3.05) is 5.32 Å². The molecule has 1 unspecified atom stereocenters. The van der Waals surface area contributed by atoms with Crippen LogP contribution in [0.4, 0.5) is 5.69 Å². The minimum atomic E-state index is -0.682. The summed E-state index contributed by atoms with van der Waals surface area (Å²) in [5.74, 6) is 0.876. The summed E-state index contributed by atoms with van der Waals surface area (Å²) in [6.45, 7) is 1.67. The van der Waals surface area contributed by atoms with Crippen molar-refractivity contribution in [3.05, 3.63) is 53.6 Å². The Morgan fingerprint density at radius 3 is 2.76 bits per heavy atom. The molecule has 0 aliphatic heterocycles. The second kappa shape index (κ2) is 7.31. The van der Waals surface area contributed by atoms with Crippen molar-refractivity contribution in [2.45, 2.75) is 13.0 Å². The van der Waals surface area contributed by atoms with Crippen LogP contribution in [0.3, 0.4) is 0 Å². The predicted molar refractivity (Wildman–Crippen MR) is 94.4 cm³/mol. The van der Waals surface area contributed by atoms with Gasteiger partial charge in [0.1, 0.15) is 5.75 Å². The Kier molecular flexibility index (Phi) is 4.95. The van der Waals surface area contributed by atoms with Crippen LogP contribution < -0.4 is 10.1 Å².